The minimum Gasteiger partial charge on any atom is -0.303 e. The molecule has 0 saturated heterocycles. The second-order valence-electron chi connectivity index (χ2n) is 4.12. The van der Waals surface area contributed by atoms with Gasteiger partial charge in [-0.3, -0.25) is 0 Å². The van der Waals surface area contributed by atoms with Crippen molar-refractivity contribution in [3.8, 4) is 22.3 Å². The molecule has 2 aromatic carbocycles. The molecule has 0 unspecified atom stereocenters. The first kappa shape index (κ1) is 18.7. The quantitative estimate of drug-likeness (QED) is 0.334. The molecule has 0 fully saturated rings. The Bertz CT molecular complexity index is 597. The van der Waals surface area contributed by atoms with Crippen molar-refractivity contribution in [1.29, 1.82) is 0 Å². The number of fused-ring (bicyclic) bond motifs is 4. The number of hydrogen-bond acceptors (Lipinski definition) is 2. The molecule has 10 heteroatoms. The van der Waals surface area contributed by atoms with E-state index in [0.717, 1.165) is 0 Å². The number of rotatable bonds is 0. The Morgan fingerprint density at radius 2 is 0.636 bits per heavy atom. The van der Waals surface area contributed by atoms with E-state index < -0.39 is 15.6 Å². The summed E-state index contributed by atoms with van der Waals surface area (Å²) in [7, 11) is -9.28. The van der Waals surface area contributed by atoms with Crippen LogP contribution in [0.15, 0.2) is 48.5 Å². The second-order valence-corrected chi connectivity index (χ2v) is 6.17. The highest BCUT2D eigenvalue weighted by Crippen LogP contribution is 2.46. The van der Waals surface area contributed by atoms with Gasteiger partial charge in [-0.2, -0.15) is 0 Å². The van der Waals surface area contributed by atoms with E-state index in [2.05, 4.69) is 48.5 Å². The van der Waals surface area contributed by atoms with Crippen LogP contribution in [0.3, 0.4) is 0 Å². The van der Waals surface area contributed by atoms with Crippen LogP contribution in [0.2, 0.25) is 0 Å². The molecule has 0 atom stereocenters. The predicted octanol–water partition coefficient (Wildman–Crippen LogP) is 1.48. The van der Waals surface area contributed by atoms with Crippen LogP contribution in [0.5, 0.6) is 0 Å². The minimum absolute atomic E-state index is 1.40. The average Bonchev–Trinajstić information content (AvgIpc) is 2.32. The molecule has 1 aliphatic rings. The van der Waals surface area contributed by atoms with Crippen molar-refractivity contribution >= 4 is 15.6 Å². The topological polar surface area (TPSA) is 156 Å². The van der Waals surface area contributed by atoms with Crippen LogP contribution in [0.4, 0.5) is 0 Å². The van der Waals surface area contributed by atoms with E-state index in [9.17, 15) is 0 Å². The van der Waals surface area contributed by atoms with Crippen LogP contribution in [-0.2, 0) is 9.13 Å². The standard InChI is InChI=1S/C12H8.2H3O4P/c1-2-6-10-9(5-1)11-7-3-4-8-12(10)11;2*1-5(2,3)4/h1-8H;2*(H3,1,2,3,4). The average molecular weight is 348 g/mol. The van der Waals surface area contributed by atoms with Crippen molar-refractivity contribution < 1.29 is 38.5 Å². The van der Waals surface area contributed by atoms with Gasteiger partial charge in [0.25, 0.3) is 0 Å². The van der Waals surface area contributed by atoms with Crippen molar-refractivity contribution in [2.45, 2.75) is 0 Å². The number of benzene rings is 2. The molecule has 2 aromatic rings. The second kappa shape index (κ2) is 7.28. The third-order valence-electron chi connectivity index (χ3n) is 2.43. The highest BCUT2D eigenvalue weighted by molar-refractivity contribution is 7.45. The number of phosphoric acid groups is 2. The van der Waals surface area contributed by atoms with E-state index in [1.165, 1.54) is 22.3 Å². The van der Waals surface area contributed by atoms with Gasteiger partial charge in [-0.1, -0.05) is 48.5 Å². The van der Waals surface area contributed by atoms with Gasteiger partial charge >= 0.3 is 15.6 Å². The third kappa shape index (κ3) is 7.09. The van der Waals surface area contributed by atoms with Crippen molar-refractivity contribution in [2.24, 2.45) is 0 Å². The molecule has 0 aromatic heterocycles. The fourth-order valence-corrected chi connectivity index (χ4v) is 1.84. The molecule has 0 heterocycles. The summed E-state index contributed by atoms with van der Waals surface area (Å²) in [5.41, 5.74) is 5.59. The van der Waals surface area contributed by atoms with Crippen molar-refractivity contribution in [3.05, 3.63) is 48.5 Å². The summed E-state index contributed by atoms with van der Waals surface area (Å²) in [6, 6.07) is 17.1. The molecule has 8 nitrogen and oxygen atoms in total. The van der Waals surface area contributed by atoms with E-state index >= 15 is 0 Å². The summed E-state index contributed by atoms with van der Waals surface area (Å²) in [4.78, 5) is 43.1. The molecule has 1 aliphatic carbocycles. The van der Waals surface area contributed by atoms with Gasteiger partial charge in [0.2, 0.25) is 0 Å². The number of hydrogen-bond donors (Lipinski definition) is 6. The maximum atomic E-state index is 8.88. The molecule has 0 saturated carbocycles. The van der Waals surface area contributed by atoms with E-state index in [4.69, 9.17) is 38.5 Å². The van der Waals surface area contributed by atoms with Gasteiger partial charge in [0.05, 0.1) is 0 Å². The highest BCUT2D eigenvalue weighted by Gasteiger charge is 2.19. The molecule has 0 aliphatic heterocycles. The molecule has 120 valence electrons. The first-order valence-electron chi connectivity index (χ1n) is 5.72. The maximum Gasteiger partial charge on any atom is 0.466 e. The molecule has 0 radical (unpaired) electrons. The van der Waals surface area contributed by atoms with Gasteiger partial charge < -0.3 is 29.4 Å². The van der Waals surface area contributed by atoms with Gasteiger partial charge in [0.15, 0.2) is 0 Å². The monoisotopic (exact) mass is 348 g/mol. The van der Waals surface area contributed by atoms with Crippen LogP contribution in [0, 0.1) is 0 Å². The van der Waals surface area contributed by atoms with E-state index in [0.29, 0.717) is 0 Å². The molecule has 6 N–H and O–H groups in total. The largest absolute Gasteiger partial charge is 0.466 e. The lowest BCUT2D eigenvalue weighted by Crippen LogP contribution is -1.96. The van der Waals surface area contributed by atoms with Crippen molar-refractivity contribution in [3.63, 3.8) is 0 Å². The zero-order chi connectivity index (χ0) is 17.0. The van der Waals surface area contributed by atoms with E-state index in [1.807, 2.05) is 0 Å². The maximum absolute atomic E-state index is 8.88. The normalized spacial score (nSPS) is 11.5. The van der Waals surface area contributed by atoms with E-state index in [-0.39, 0.29) is 0 Å². The lowest BCUT2D eigenvalue weighted by molar-refractivity contribution is 0.272. The third-order valence-corrected chi connectivity index (χ3v) is 2.43. The summed E-state index contributed by atoms with van der Waals surface area (Å²) < 4.78 is 17.8. The van der Waals surface area contributed by atoms with Gasteiger partial charge in [-0.15, -0.1) is 0 Å². The SMILES string of the molecule is O=P(O)(O)O.O=P(O)(O)O.c1ccc2c(c1)-c1ccccc1-2. The van der Waals surface area contributed by atoms with Gasteiger partial charge in [-0.25, -0.2) is 9.13 Å². The molecular weight excluding hydrogens is 334 g/mol. The summed E-state index contributed by atoms with van der Waals surface area (Å²) in [6.07, 6.45) is 0. The van der Waals surface area contributed by atoms with E-state index in [1.54, 1.807) is 0 Å². The predicted molar refractivity (Wildman–Crippen MR) is 79.4 cm³/mol. The molecule has 3 rings (SSSR count). The summed E-state index contributed by atoms with van der Waals surface area (Å²) in [5.74, 6) is 0. The highest BCUT2D eigenvalue weighted by atomic mass is 31.2. The molecular formula is C12H14O8P2. The van der Waals surface area contributed by atoms with Crippen molar-refractivity contribution in [1.82, 2.24) is 0 Å². The zero-order valence-corrected chi connectivity index (χ0v) is 12.8. The first-order valence-corrected chi connectivity index (χ1v) is 8.85. The van der Waals surface area contributed by atoms with Crippen LogP contribution in [0.1, 0.15) is 0 Å². The summed E-state index contributed by atoms with van der Waals surface area (Å²) in [6.45, 7) is 0. The smallest absolute Gasteiger partial charge is 0.303 e. The summed E-state index contributed by atoms with van der Waals surface area (Å²) in [5, 5.41) is 0. The Morgan fingerprint density at radius 3 is 0.773 bits per heavy atom. The Morgan fingerprint density at radius 1 is 0.500 bits per heavy atom. The Kier molecular flexibility index (Phi) is 6.19. The molecule has 0 spiro atoms. The van der Waals surface area contributed by atoms with Gasteiger partial charge in [-0.05, 0) is 22.3 Å². The van der Waals surface area contributed by atoms with Crippen LogP contribution >= 0.6 is 15.6 Å². The molecule has 22 heavy (non-hydrogen) atoms. The molecule has 0 bridgehead atoms. The van der Waals surface area contributed by atoms with Crippen LogP contribution in [0.25, 0.3) is 22.3 Å². The molecule has 0 amide bonds. The Balaban J connectivity index is 0.000000206. The Hall–Kier alpha value is -1.34. The summed E-state index contributed by atoms with van der Waals surface area (Å²) >= 11 is 0. The zero-order valence-electron chi connectivity index (χ0n) is 11.0. The lowest BCUT2D eigenvalue weighted by Gasteiger charge is -2.22. The van der Waals surface area contributed by atoms with Gasteiger partial charge in [0, 0.05) is 0 Å². The lowest BCUT2D eigenvalue weighted by atomic mass is 9.81. The van der Waals surface area contributed by atoms with Crippen LogP contribution in [-0.4, -0.2) is 29.4 Å². The minimum atomic E-state index is -4.64. The van der Waals surface area contributed by atoms with Gasteiger partial charge in [0.1, 0.15) is 0 Å². The fourth-order valence-electron chi connectivity index (χ4n) is 1.84. The Labute approximate surface area is 125 Å². The first-order chi connectivity index (χ1) is 9.97. The van der Waals surface area contributed by atoms with Crippen LogP contribution < -0.4 is 0 Å². The van der Waals surface area contributed by atoms with Crippen molar-refractivity contribution in [2.75, 3.05) is 0 Å². The fraction of sp³-hybridized carbons (Fsp3) is 0.